The molecule has 3 aromatic rings. The Balaban J connectivity index is 1.54. The summed E-state index contributed by atoms with van der Waals surface area (Å²) in [5.74, 6) is 1.14. The van der Waals surface area contributed by atoms with Gasteiger partial charge in [0.25, 0.3) is 5.91 Å². The molecular formula is C20H22N4O2. The lowest BCUT2D eigenvalue weighted by Gasteiger charge is -2.21. The van der Waals surface area contributed by atoms with Crippen LogP contribution in [-0.2, 0) is 0 Å². The van der Waals surface area contributed by atoms with Gasteiger partial charge in [0.15, 0.2) is 5.76 Å². The van der Waals surface area contributed by atoms with Gasteiger partial charge in [0.1, 0.15) is 5.58 Å². The maximum absolute atomic E-state index is 13.1. The summed E-state index contributed by atoms with van der Waals surface area (Å²) in [5.41, 5.74) is 2.82. The maximum Gasteiger partial charge on any atom is 0.289 e. The van der Waals surface area contributed by atoms with Crippen LogP contribution in [0.25, 0.3) is 11.0 Å². The van der Waals surface area contributed by atoms with Gasteiger partial charge in [0.05, 0.1) is 0 Å². The summed E-state index contributed by atoms with van der Waals surface area (Å²) in [7, 11) is 0. The molecule has 0 unspecified atom stereocenters. The number of nitrogens with zero attached hydrogens (tertiary/aromatic N) is 4. The molecule has 0 atom stereocenters. The first-order chi connectivity index (χ1) is 12.6. The first kappa shape index (κ1) is 16.6. The number of carbonyl (C=O) groups excluding carboxylic acids is 1. The van der Waals surface area contributed by atoms with Crippen molar-refractivity contribution in [3.05, 3.63) is 53.5 Å². The molecule has 3 heterocycles. The van der Waals surface area contributed by atoms with Gasteiger partial charge in [-0.25, -0.2) is 9.97 Å². The number of aryl methyl sites for hydroxylation is 2. The molecule has 1 aliphatic heterocycles. The van der Waals surface area contributed by atoms with Crippen LogP contribution in [0.4, 0.5) is 5.95 Å². The van der Waals surface area contributed by atoms with E-state index in [1.807, 2.05) is 43.0 Å². The Morgan fingerprint density at radius 1 is 1.08 bits per heavy atom. The summed E-state index contributed by atoms with van der Waals surface area (Å²) in [4.78, 5) is 25.7. The van der Waals surface area contributed by atoms with Gasteiger partial charge in [-0.1, -0.05) is 12.1 Å². The number of aromatic nitrogens is 2. The Bertz CT molecular complexity index is 936. The third-order valence-electron chi connectivity index (χ3n) is 4.91. The Morgan fingerprint density at radius 3 is 2.69 bits per heavy atom. The molecule has 1 aliphatic rings. The van der Waals surface area contributed by atoms with E-state index >= 15 is 0 Å². The van der Waals surface area contributed by atoms with Crippen molar-refractivity contribution >= 4 is 22.8 Å². The number of amides is 1. The van der Waals surface area contributed by atoms with Gasteiger partial charge in [-0.15, -0.1) is 0 Å². The highest BCUT2D eigenvalue weighted by Gasteiger charge is 2.26. The zero-order valence-electron chi connectivity index (χ0n) is 15.1. The van der Waals surface area contributed by atoms with E-state index in [9.17, 15) is 4.79 Å². The standard InChI is InChI=1S/C20H22N4O2/c1-14-5-6-16-15(2)18(26-17(16)13-14)19(25)23-9-4-10-24(12-11-23)20-21-7-3-8-22-20/h3,5-8,13H,4,9-12H2,1-2H3. The normalized spacial score (nSPS) is 15.3. The Hall–Kier alpha value is -2.89. The SMILES string of the molecule is Cc1ccc2c(C)c(C(=O)N3CCCN(c4ncccn4)CC3)oc2c1. The van der Waals surface area contributed by atoms with Gasteiger partial charge in [0, 0.05) is 49.5 Å². The van der Waals surface area contributed by atoms with Gasteiger partial charge >= 0.3 is 0 Å². The first-order valence-corrected chi connectivity index (χ1v) is 8.94. The van der Waals surface area contributed by atoms with Crippen molar-refractivity contribution in [1.29, 1.82) is 0 Å². The molecule has 0 N–H and O–H groups in total. The molecule has 0 bridgehead atoms. The fourth-order valence-electron chi connectivity index (χ4n) is 3.46. The molecule has 2 aromatic heterocycles. The van der Waals surface area contributed by atoms with E-state index in [0.29, 0.717) is 25.4 Å². The number of rotatable bonds is 2. The van der Waals surface area contributed by atoms with Gasteiger partial charge in [-0.3, -0.25) is 4.79 Å². The van der Waals surface area contributed by atoms with Crippen LogP contribution >= 0.6 is 0 Å². The van der Waals surface area contributed by atoms with E-state index in [1.165, 1.54) is 0 Å². The second kappa shape index (κ2) is 6.78. The van der Waals surface area contributed by atoms with E-state index in [4.69, 9.17) is 4.42 Å². The topological polar surface area (TPSA) is 62.5 Å². The van der Waals surface area contributed by atoms with Crippen LogP contribution in [0.1, 0.15) is 28.1 Å². The van der Waals surface area contributed by atoms with Crippen LogP contribution in [0.3, 0.4) is 0 Å². The molecule has 4 rings (SSSR count). The van der Waals surface area contributed by atoms with E-state index in [-0.39, 0.29) is 5.91 Å². The minimum atomic E-state index is -0.0350. The number of anilines is 1. The lowest BCUT2D eigenvalue weighted by atomic mass is 10.1. The van der Waals surface area contributed by atoms with Crippen LogP contribution < -0.4 is 4.90 Å². The molecule has 0 aliphatic carbocycles. The zero-order chi connectivity index (χ0) is 18.1. The van der Waals surface area contributed by atoms with E-state index in [1.54, 1.807) is 12.4 Å². The Kier molecular flexibility index (Phi) is 4.32. The van der Waals surface area contributed by atoms with E-state index in [2.05, 4.69) is 14.9 Å². The smallest absolute Gasteiger partial charge is 0.289 e. The van der Waals surface area contributed by atoms with E-state index in [0.717, 1.165) is 41.0 Å². The average Bonchev–Trinajstić information content (AvgIpc) is 2.84. The highest BCUT2D eigenvalue weighted by Crippen LogP contribution is 2.27. The van der Waals surface area contributed by atoms with Crippen molar-refractivity contribution in [1.82, 2.24) is 14.9 Å². The molecule has 6 nitrogen and oxygen atoms in total. The fourth-order valence-corrected chi connectivity index (χ4v) is 3.46. The van der Waals surface area contributed by atoms with Crippen molar-refractivity contribution in [2.45, 2.75) is 20.3 Å². The van der Waals surface area contributed by atoms with Crippen molar-refractivity contribution < 1.29 is 9.21 Å². The Labute approximate surface area is 152 Å². The molecule has 1 aromatic carbocycles. The molecule has 1 amide bonds. The van der Waals surface area contributed by atoms with Crippen LogP contribution in [0.5, 0.6) is 0 Å². The van der Waals surface area contributed by atoms with E-state index < -0.39 is 0 Å². The highest BCUT2D eigenvalue weighted by molar-refractivity contribution is 5.99. The van der Waals surface area contributed by atoms with Gasteiger partial charge in [-0.2, -0.15) is 0 Å². The summed E-state index contributed by atoms with van der Waals surface area (Å²) in [6.45, 7) is 6.87. The summed E-state index contributed by atoms with van der Waals surface area (Å²) >= 11 is 0. The number of hydrogen-bond donors (Lipinski definition) is 0. The molecule has 0 saturated carbocycles. The van der Waals surface area contributed by atoms with Gasteiger partial charge < -0.3 is 14.2 Å². The molecule has 1 saturated heterocycles. The second-order valence-electron chi connectivity index (χ2n) is 6.74. The van der Waals surface area contributed by atoms with Crippen LogP contribution in [0.15, 0.2) is 41.1 Å². The number of benzene rings is 1. The summed E-state index contributed by atoms with van der Waals surface area (Å²) in [6.07, 6.45) is 4.37. The molecular weight excluding hydrogens is 328 g/mol. The molecule has 26 heavy (non-hydrogen) atoms. The minimum Gasteiger partial charge on any atom is -0.451 e. The van der Waals surface area contributed by atoms with Crippen LogP contribution in [0.2, 0.25) is 0 Å². The molecule has 0 spiro atoms. The van der Waals surface area contributed by atoms with Gasteiger partial charge in [0.2, 0.25) is 5.95 Å². The van der Waals surface area contributed by atoms with Crippen LogP contribution in [0, 0.1) is 13.8 Å². The quantitative estimate of drug-likeness (QED) is 0.710. The lowest BCUT2D eigenvalue weighted by Crippen LogP contribution is -2.35. The number of furan rings is 1. The second-order valence-corrected chi connectivity index (χ2v) is 6.74. The summed E-state index contributed by atoms with van der Waals surface area (Å²) in [6, 6.07) is 7.86. The van der Waals surface area contributed by atoms with Crippen molar-refractivity contribution in [2.75, 3.05) is 31.1 Å². The largest absolute Gasteiger partial charge is 0.451 e. The lowest BCUT2D eigenvalue weighted by molar-refractivity contribution is 0.0736. The molecule has 0 radical (unpaired) electrons. The van der Waals surface area contributed by atoms with Crippen LogP contribution in [-0.4, -0.2) is 47.0 Å². The highest BCUT2D eigenvalue weighted by atomic mass is 16.3. The number of hydrogen-bond acceptors (Lipinski definition) is 5. The average molecular weight is 350 g/mol. The predicted molar refractivity (Wildman–Crippen MR) is 100 cm³/mol. The third kappa shape index (κ3) is 3.03. The maximum atomic E-state index is 13.1. The predicted octanol–water partition coefficient (Wildman–Crippen LogP) is 3.19. The molecule has 1 fully saturated rings. The zero-order valence-corrected chi connectivity index (χ0v) is 15.1. The fraction of sp³-hybridized carbons (Fsp3) is 0.350. The molecule has 6 heteroatoms. The monoisotopic (exact) mass is 350 g/mol. The van der Waals surface area contributed by atoms with Crippen molar-refractivity contribution in [2.24, 2.45) is 0 Å². The number of carbonyl (C=O) groups is 1. The summed E-state index contributed by atoms with van der Waals surface area (Å²) in [5, 5.41) is 1.01. The number of fused-ring (bicyclic) bond motifs is 1. The Morgan fingerprint density at radius 2 is 1.88 bits per heavy atom. The third-order valence-corrected chi connectivity index (χ3v) is 4.91. The minimum absolute atomic E-state index is 0.0350. The van der Waals surface area contributed by atoms with Gasteiger partial charge in [-0.05, 0) is 38.0 Å². The summed E-state index contributed by atoms with van der Waals surface area (Å²) < 4.78 is 5.92. The molecule has 134 valence electrons. The first-order valence-electron chi connectivity index (χ1n) is 8.94. The van der Waals surface area contributed by atoms with Crippen molar-refractivity contribution in [3.63, 3.8) is 0 Å². The van der Waals surface area contributed by atoms with Crippen molar-refractivity contribution in [3.8, 4) is 0 Å².